The van der Waals surface area contributed by atoms with Crippen molar-refractivity contribution < 1.29 is 17.9 Å². The van der Waals surface area contributed by atoms with E-state index >= 15 is 0 Å². The third kappa shape index (κ3) is 5.68. The highest BCUT2D eigenvalue weighted by Gasteiger charge is 2.26. The van der Waals surface area contributed by atoms with Crippen LogP contribution in [-0.2, 0) is 16.4 Å². The number of nitrogens with zero attached hydrogens (tertiary/aromatic N) is 2. The third-order valence-corrected chi connectivity index (χ3v) is 6.65. The summed E-state index contributed by atoms with van der Waals surface area (Å²) in [7, 11) is -3.46. The molecule has 0 aliphatic carbocycles. The molecule has 0 atom stereocenters. The van der Waals surface area contributed by atoms with Gasteiger partial charge < -0.3 is 4.74 Å². The lowest BCUT2D eigenvalue weighted by Gasteiger charge is -2.17. The normalized spacial score (nSPS) is 11.7. The molecule has 0 aliphatic heterocycles. The van der Waals surface area contributed by atoms with Crippen LogP contribution in [0.2, 0.25) is 0 Å². The van der Waals surface area contributed by atoms with E-state index in [-0.39, 0.29) is 10.7 Å². The van der Waals surface area contributed by atoms with E-state index in [2.05, 4.69) is 25.9 Å². The van der Waals surface area contributed by atoms with Gasteiger partial charge in [-0.25, -0.2) is 13.1 Å². The van der Waals surface area contributed by atoms with E-state index in [1.54, 1.807) is 23.9 Å². The molecule has 1 aromatic heterocycles. The third-order valence-electron chi connectivity index (χ3n) is 5.51. The van der Waals surface area contributed by atoms with Crippen LogP contribution >= 0.6 is 0 Å². The molecule has 0 bridgehead atoms. The molecule has 0 unspecified atom stereocenters. The molecule has 2 aromatic rings. The number of carbonyl (C=O) groups is 1. The van der Waals surface area contributed by atoms with Gasteiger partial charge in [-0.3, -0.25) is 4.79 Å². The van der Waals surface area contributed by atoms with Gasteiger partial charge in [-0.2, -0.15) is 5.10 Å². The molecule has 7 heteroatoms. The summed E-state index contributed by atoms with van der Waals surface area (Å²) in [6, 6.07) is 3.14. The van der Waals surface area contributed by atoms with Crippen molar-refractivity contribution in [3.63, 3.8) is 0 Å². The van der Waals surface area contributed by atoms with Crippen LogP contribution in [0.15, 0.2) is 28.8 Å². The SMILES string of the molecule is CCCCn1ncc(C(=O)c2ccc(S(C)(=O)=O)c(C(C)=C(C)C)c2C)c1OCC(C)C. The number of carbonyl (C=O) groups excluding carboxylic acids is 1. The van der Waals surface area contributed by atoms with Gasteiger partial charge in [0.1, 0.15) is 5.56 Å². The standard InChI is InChI=1S/C25H36N2O4S/c1-9-10-13-27-25(31-15-16(2)3)21(14-26-27)24(28)20-11-12-22(32(8,29)30)23(19(20)7)18(6)17(4)5/h11-12,14,16H,9-10,13,15H2,1-8H3. The predicted molar refractivity (Wildman–Crippen MR) is 129 cm³/mol. The maximum atomic E-state index is 13.6. The van der Waals surface area contributed by atoms with Gasteiger partial charge in [0.25, 0.3) is 0 Å². The summed E-state index contributed by atoms with van der Waals surface area (Å²) in [5.41, 5.74) is 3.95. The number of sulfone groups is 1. The number of ether oxygens (including phenoxy) is 1. The second-order valence-corrected chi connectivity index (χ2v) is 11.0. The summed E-state index contributed by atoms with van der Waals surface area (Å²) < 4.78 is 32.7. The Kier molecular flexibility index (Phi) is 8.46. The summed E-state index contributed by atoms with van der Waals surface area (Å²) in [4.78, 5) is 13.9. The van der Waals surface area contributed by atoms with Crippen LogP contribution < -0.4 is 4.74 Å². The highest BCUT2D eigenvalue weighted by Crippen LogP contribution is 2.33. The smallest absolute Gasteiger partial charge is 0.223 e. The van der Waals surface area contributed by atoms with Gasteiger partial charge in [0.15, 0.2) is 15.6 Å². The Morgan fingerprint density at radius 3 is 2.34 bits per heavy atom. The summed E-state index contributed by atoms with van der Waals surface area (Å²) in [5.74, 6) is 0.561. The zero-order valence-corrected chi connectivity index (χ0v) is 21.4. The molecular weight excluding hydrogens is 424 g/mol. The number of benzene rings is 1. The second kappa shape index (κ2) is 10.5. The summed E-state index contributed by atoms with van der Waals surface area (Å²) in [6.07, 6.45) is 4.69. The Morgan fingerprint density at radius 2 is 1.81 bits per heavy atom. The maximum Gasteiger partial charge on any atom is 0.223 e. The summed E-state index contributed by atoms with van der Waals surface area (Å²) in [5, 5.41) is 4.42. The fourth-order valence-electron chi connectivity index (χ4n) is 3.50. The fraction of sp³-hybridized carbons (Fsp3) is 0.520. The van der Waals surface area contributed by atoms with E-state index in [1.165, 1.54) is 12.3 Å². The van der Waals surface area contributed by atoms with Crippen molar-refractivity contribution in [2.45, 2.75) is 72.7 Å². The molecule has 32 heavy (non-hydrogen) atoms. The molecular formula is C25H36N2O4S. The number of rotatable bonds is 10. The van der Waals surface area contributed by atoms with E-state index in [9.17, 15) is 13.2 Å². The minimum absolute atomic E-state index is 0.216. The Labute approximate surface area is 192 Å². The van der Waals surface area contributed by atoms with Gasteiger partial charge in [0.05, 0.1) is 17.7 Å². The van der Waals surface area contributed by atoms with Crippen LogP contribution in [0.1, 0.15) is 81.4 Å². The van der Waals surface area contributed by atoms with Crippen molar-refractivity contribution in [1.29, 1.82) is 0 Å². The van der Waals surface area contributed by atoms with Crippen LogP contribution in [-0.4, -0.2) is 36.8 Å². The number of allylic oxidation sites excluding steroid dienone is 2. The predicted octanol–water partition coefficient (Wildman–Crippen LogP) is 5.47. The number of hydrogen-bond acceptors (Lipinski definition) is 5. The first-order valence-electron chi connectivity index (χ1n) is 11.1. The molecule has 0 saturated carbocycles. The average Bonchev–Trinajstić information content (AvgIpc) is 3.11. The number of unbranched alkanes of at least 4 members (excludes halogenated alkanes) is 1. The Morgan fingerprint density at radius 1 is 1.16 bits per heavy atom. The summed E-state index contributed by atoms with van der Waals surface area (Å²) in [6.45, 7) is 14.9. The van der Waals surface area contributed by atoms with Gasteiger partial charge in [-0.05, 0) is 68.9 Å². The highest BCUT2D eigenvalue weighted by atomic mass is 32.2. The molecule has 2 rings (SSSR count). The minimum Gasteiger partial charge on any atom is -0.477 e. The Bertz CT molecular complexity index is 1120. The molecule has 176 valence electrons. The van der Waals surface area contributed by atoms with E-state index in [0.717, 1.165) is 24.0 Å². The number of aryl methyl sites for hydroxylation is 1. The topological polar surface area (TPSA) is 78.3 Å². The minimum atomic E-state index is -3.46. The molecule has 1 heterocycles. The van der Waals surface area contributed by atoms with Gasteiger partial charge in [-0.1, -0.05) is 32.8 Å². The number of aromatic nitrogens is 2. The van der Waals surface area contributed by atoms with Crippen LogP contribution in [0.25, 0.3) is 5.57 Å². The lowest BCUT2D eigenvalue weighted by Crippen LogP contribution is -2.14. The summed E-state index contributed by atoms with van der Waals surface area (Å²) >= 11 is 0. The van der Waals surface area contributed by atoms with Crippen molar-refractivity contribution in [3.05, 3.63) is 46.2 Å². The van der Waals surface area contributed by atoms with Crippen LogP contribution in [0.3, 0.4) is 0 Å². The van der Waals surface area contributed by atoms with Crippen molar-refractivity contribution in [3.8, 4) is 5.88 Å². The molecule has 0 fully saturated rings. The highest BCUT2D eigenvalue weighted by molar-refractivity contribution is 7.90. The van der Waals surface area contributed by atoms with Crippen molar-refractivity contribution >= 4 is 21.2 Å². The average molecular weight is 461 g/mol. The Balaban J connectivity index is 2.67. The molecule has 1 aromatic carbocycles. The maximum absolute atomic E-state index is 13.6. The van der Waals surface area contributed by atoms with E-state index in [0.29, 0.717) is 47.2 Å². The van der Waals surface area contributed by atoms with Gasteiger partial charge >= 0.3 is 0 Å². The molecule has 0 radical (unpaired) electrons. The van der Waals surface area contributed by atoms with Gasteiger partial charge in [0.2, 0.25) is 5.88 Å². The van der Waals surface area contributed by atoms with Crippen molar-refractivity contribution in [2.75, 3.05) is 12.9 Å². The zero-order chi connectivity index (χ0) is 24.2. The van der Waals surface area contributed by atoms with Crippen molar-refractivity contribution in [1.82, 2.24) is 9.78 Å². The quantitative estimate of drug-likeness (QED) is 0.439. The lowest BCUT2D eigenvalue weighted by molar-refractivity contribution is 0.103. The first-order chi connectivity index (χ1) is 14.9. The molecule has 0 N–H and O–H groups in total. The van der Waals surface area contributed by atoms with E-state index < -0.39 is 9.84 Å². The Hall–Kier alpha value is -2.41. The number of ketones is 1. The monoisotopic (exact) mass is 460 g/mol. The van der Waals surface area contributed by atoms with Gasteiger partial charge in [-0.15, -0.1) is 0 Å². The second-order valence-electron chi connectivity index (χ2n) is 8.98. The molecule has 0 aliphatic rings. The van der Waals surface area contributed by atoms with Crippen LogP contribution in [0, 0.1) is 12.8 Å². The molecule has 0 amide bonds. The lowest BCUT2D eigenvalue weighted by atomic mass is 9.91. The largest absolute Gasteiger partial charge is 0.477 e. The van der Waals surface area contributed by atoms with Crippen LogP contribution in [0.5, 0.6) is 5.88 Å². The zero-order valence-electron chi connectivity index (χ0n) is 20.6. The van der Waals surface area contributed by atoms with E-state index in [4.69, 9.17) is 4.74 Å². The molecule has 6 nitrogen and oxygen atoms in total. The molecule has 0 spiro atoms. The van der Waals surface area contributed by atoms with Gasteiger partial charge in [0, 0.05) is 18.4 Å². The van der Waals surface area contributed by atoms with Crippen molar-refractivity contribution in [2.24, 2.45) is 5.92 Å². The number of hydrogen-bond donors (Lipinski definition) is 0. The van der Waals surface area contributed by atoms with E-state index in [1.807, 2.05) is 20.8 Å². The first kappa shape index (κ1) is 25.8. The molecule has 0 saturated heterocycles. The first-order valence-corrected chi connectivity index (χ1v) is 13.0. The fourth-order valence-corrected chi connectivity index (χ4v) is 4.49. The van der Waals surface area contributed by atoms with Crippen LogP contribution in [0.4, 0.5) is 0 Å².